The summed E-state index contributed by atoms with van der Waals surface area (Å²) >= 11 is 0. The molecule has 0 unspecified atom stereocenters. The van der Waals surface area contributed by atoms with Gasteiger partial charge in [-0.05, 0) is 18.2 Å². The zero-order valence-electron chi connectivity index (χ0n) is 9.95. The van der Waals surface area contributed by atoms with Gasteiger partial charge in [-0.1, -0.05) is 18.2 Å². The second kappa shape index (κ2) is 5.69. The molecular weight excluding hydrogens is 224 g/mol. The predicted molar refractivity (Wildman–Crippen MR) is 72.3 cm³/mol. The van der Waals surface area contributed by atoms with Crippen molar-refractivity contribution in [3.05, 3.63) is 48.8 Å². The molecule has 2 aromatic rings. The number of rotatable bonds is 4. The van der Waals surface area contributed by atoms with Crippen LogP contribution in [0.3, 0.4) is 0 Å². The summed E-state index contributed by atoms with van der Waals surface area (Å²) in [6, 6.07) is 13.9. The van der Waals surface area contributed by atoms with Crippen LogP contribution in [0.5, 0.6) is 0 Å². The van der Waals surface area contributed by atoms with Gasteiger partial charge in [-0.25, -0.2) is 0 Å². The average molecular weight is 238 g/mol. The van der Waals surface area contributed by atoms with E-state index in [2.05, 4.69) is 11.1 Å². The summed E-state index contributed by atoms with van der Waals surface area (Å²) in [7, 11) is 0. The maximum absolute atomic E-state index is 8.75. The van der Waals surface area contributed by atoms with Crippen molar-refractivity contribution in [2.24, 2.45) is 0 Å². The van der Waals surface area contributed by atoms with Gasteiger partial charge in [0.2, 0.25) is 0 Å². The second-order valence-electron chi connectivity index (χ2n) is 3.87. The third-order valence-electron chi connectivity index (χ3n) is 2.57. The van der Waals surface area contributed by atoms with Gasteiger partial charge >= 0.3 is 0 Å². The van der Waals surface area contributed by atoms with Crippen molar-refractivity contribution < 1.29 is 0 Å². The molecule has 2 rings (SSSR count). The fourth-order valence-corrected chi connectivity index (χ4v) is 1.77. The number of pyridine rings is 1. The van der Waals surface area contributed by atoms with Crippen LogP contribution in [-0.2, 0) is 0 Å². The molecule has 0 aliphatic heterocycles. The lowest BCUT2D eigenvalue weighted by molar-refractivity contribution is 0.944. The molecule has 0 aliphatic rings. The first kappa shape index (κ1) is 11.9. The van der Waals surface area contributed by atoms with Crippen LogP contribution in [0, 0.1) is 11.3 Å². The van der Waals surface area contributed by atoms with Gasteiger partial charge in [0.05, 0.1) is 30.1 Å². The first-order valence-corrected chi connectivity index (χ1v) is 5.71. The topological polar surface area (TPSA) is 65.9 Å². The van der Waals surface area contributed by atoms with E-state index >= 15 is 0 Å². The molecule has 1 aromatic heterocycles. The second-order valence-corrected chi connectivity index (χ2v) is 3.87. The van der Waals surface area contributed by atoms with Crippen molar-refractivity contribution >= 4 is 17.1 Å². The zero-order chi connectivity index (χ0) is 12.8. The lowest BCUT2D eigenvalue weighted by atomic mass is 10.2. The number of hydrogen-bond donors (Lipinski definition) is 1. The highest BCUT2D eigenvalue weighted by molar-refractivity contribution is 5.65. The van der Waals surface area contributed by atoms with Crippen molar-refractivity contribution in [2.75, 3.05) is 17.2 Å². The summed E-state index contributed by atoms with van der Waals surface area (Å²) in [6.45, 7) is 0.617. The van der Waals surface area contributed by atoms with E-state index in [0.29, 0.717) is 18.7 Å². The Balaban J connectivity index is 2.34. The summed E-state index contributed by atoms with van der Waals surface area (Å²) in [5.74, 6) is 0. The Bertz CT molecular complexity index is 545. The molecule has 0 fully saturated rings. The fraction of sp³-hybridized carbons (Fsp3) is 0.143. The third-order valence-corrected chi connectivity index (χ3v) is 2.57. The van der Waals surface area contributed by atoms with E-state index < -0.39 is 0 Å². The highest BCUT2D eigenvalue weighted by Crippen LogP contribution is 2.25. The molecule has 0 aliphatic carbocycles. The molecule has 0 saturated carbocycles. The lowest BCUT2D eigenvalue weighted by Gasteiger charge is -2.23. The van der Waals surface area contributed by atoms with Gasteiger partial charge in [-0.3, -0.25) is 4.98 Å². The van der Waals surface area contributed by atoms with Crippen LogP contribution in [0.25, 0.3) is 0 Å². The largest absolute Gasteiger partial charge is 0.397 e. The lowest BCUT2D eigenvalue weighted by Crippen LogP contribution is -2.18. The molecule has 0 spiro atoms. The number of aromatic nitrogens is 1. The number of nitrogens with two attached hydrogens (primary N) is 1. The van der Waals surface area contributed by atoms with Gasteiger partial charge < -0.3 is 10.6 Å². The fourth-order valence-electron chi connectivity index (χ4n) is 1.77. The number of hydrogen-bond acceptors (Lipinski definition) is 4. The van der Waals surface area contributed by atoms with Crippen molar-refractivity contribution in [3.8, 4) is 6.07 Å². The Morgan fingerprint density at radius 1 is 1.17 bits per heavy atom. The minimum atomic E-state index is 0.448. The monoisotopic (exact) mass is 238 g/mol. The SMILES string of the molecule is N#CCCN(c1ccccc1)c1cncc(N)c1. The van der Waals surface area contributed by atoms with Crippen LogP contribution in [0.15, 0.2) is 48.8 Å². The van der Waals surface area contributed by atoms with Crippen molar-refractivity contribution in [1.82, 2.24) is 4.98 Å². The number of nitrogen functional groups attached to an aromatic ring is 1. The number of benzene rings is 1. The molecule has 1 aromatic carbocycles. The Morgan fingerprint density at radius 3 is 2.61 bits per heavy atom. The van der Waals surface area contributed by atoms with E-state index in [0.717, 1.165) is 11.4 Å². The van der Waals surface area contributed by atoms with E-state index in [1.54, 1.807) is 12.4 Å². The Morgan fingerprint density at radius 2 is 1.94 bits per heavy atom. The van der Waals surface area contributed by atoms with Crippen molar-refractivity contribution in [3.63, 3.8) is 0 Å². The molecule has 18 heavy (non-hydrogen) atoms. The number of para-hydroxylation sites is 1. The normalized spacial score (nSPS) is 9.72. The molecule has 90 valence electrons. The average Bonchev–Trinajstić information content (AvgIpc) is 2.40. The van der Waals surface area contributed by atoms with Crippen molar-refractivity contribution in [1.29, 1.82) is 5.26 Å². The van der Waals surface area contributed by atoms with Crippen LogP contribution in [0.1, 0.15) is 6.42 Å². The van der Waals surface area contributed by atoms with Crippen LogP contribution in [0.2, 0.25) is 0 Å². The van der Waals surface area contributed by atoms with Gasteiger partial charge in [-0.2, -0.15) is 5.26 Å². The molecule has 4 nitrogen and oxygen atoms in total. The van der Waals surface area contributed by atoms with E-state index in [-0.39, 0.29) is 0 Å². The Kier molecular flexibility index (Phi) is 3.77. The van der Waals surface area contributed by atoms with Gasteiger partial charge in [0, 0.05) is 18.4 Å². The van der Waals surface area contributed by atoms with Gasteiger partial charge in [-0.15, -0.1) is 0 Å². The Labute approximate surface area is 106 Å². The van der Waals surface area contributed by atoms with E-state index in [4.69, 9.17) is 11.0 Å². The first-order valence-electron chi connectivity index (χ1n) is 5.71. The summed E-state index contributed by atoms with van der Waals surface area (Å²) in [5, 5.41) is 8.75. The Hall–Kier alpha value is -2.54. The molecule has 0 amide bonds. The molecule has 4 heteroatoms. The smallest absolute Gasteiger partial charge is 0.0640 e. The number of nitriles is 1. The number of anilines is 3. The van der Waals surface area contributed by atoms with Gasteiger partial charge in [0.15, 0.2) is 0 Å². The zero-order valence-corrected chi connectivity index (χ0v) is 9.95. The molecule has 0 bridgehead atoms. The highest BCUT2D eigenvalue weighted by atomic mass is 15.1. The van der Waals surface area contributed by atoms with Gasteiger partial charge in [0.1, 0.15) is 0 Å². The molecule has 0 atom stereocenters. The standard InChI is InChI=1S/C14H14N4/c15-7-4-8-18(13-5-2-1-3-6-13)14-9-12(16)10-17-11-14/h1-3,5-6,9-11H,4,8,16H2. The summed E-state index contributed by atoms with van der Waals surface area (Å²) in [5.41, 5.74) is 8.29. The van der Waals surface area contributed by atoms with E-state index in [1.165, 1.54) is 0 Å². The highest BCUT2D eigenvalue weighted by Gasteiger charge is 2.09. The van der Waals surface area contributed by atoms with Crippen LogP contribution < -0.4 is 10.6 Å². The molecule has 1 heterocycles. The third kappa shape index (κ3) is 2.77. The van der Waals surface area contributed by atoms with Crippen LogP contribution >= 0.6 is 0 Å². The maximum Gasteiger partial charge on any atom is 0.0640 e. The summed E-state index contributed by atoms with van der Waals surface area (Å²) in [6.07, 6.45) is 3.81. The van der Waals surface area contributed by atoms with E-state index in [1.807, 2.05) is 41.3 Å². The summed E-state index contributed by atoms with van der Waals surface area (Å²) in [4.78, 5) is 6.12. The molecule has 0 saturated heterocycles. The van der Waals surface area contributed by atoms with Crippen LogP contribution in [0.4, 0.5) is 17.1 Å². The number of nitrogens with zero attached hydrogens (tertiary/aromatic N) is 3. The molecule has 0 radical (unpaired) electrons. The summed E-state index contributed by atoms with van der Waals surface area (Å²) < 4.78 is 0. The predicted octanol–water partition coefficient (Wildman–Crippen LogP) is 2.72. The minimum absolute atomic E-state index is 0.448. The van der Waals surface area contributed by atoms with E-state index in [9.17, 15) is 0 Å². The quantitative estimate of drug-likeness (QED) is 0.889. The molecular formula is C14H14N4. The van der Waals surface area contributed by atoms with Gasteiger partial charge in [0.25, 0.3) is 0 Å². The minimum Gasteiger partial charge on any atom is -0.397 e. The molecule has 2 N–H and O–H groups in total. The first-order chi connectivity index (χ1) is 8.81. The van der Waals surface area contributed by atoms with Crippen molar-refractivity contribution in [2.45, 2.75) is 6.42 Å². The maximum atomic E-state index is 8.75. The van der Waals surface area contributed by atoms with Crippen LogP contribution in [-0.4, -0.2) is 11.5 Å².